The van der Waals surface area contributed by atoms with Crippen molar-refractivity contribution in [3.63, 3.8) is 0 Å². The van der Waals surface area contributed by atoms with Gasteiger partial charge in [-0.1, -0.05) is 172 Å². The topological polar surface area (TPSA) is 86.6 Å². The molecule has 0 saturated carbocycles. The molecule has 0 N–H and O–H groups in total. The lowest BCUT2D eigenvalue weighted by molar-refractivity contribution is 0.280. The summed E-state index contributed by atoms with van der Waals surface area (Å²) in [4.78, 5) is 28.9. The Bertz CT molecular complexity index is 2640. The lowest BCUT2D eigenvalue weighted by atomic mass is 9.87. The van der Waals surface area contributed by atoms with Crippen molar-refractivity contribution in [2.24, 2.45) is 11.3 Å². The highest BCUT2D eigenvalue weighted by Crippen LogP contribution is 2.33. The van der Waals surface area contributed by atoms with Crippen LogP contribution in [-0.2, 0) is 4.74 Å². The number of hydrogen-bond acceptors (Lipinski definition) is 7. The zero-order valence-corrected chi connectivity index (χ0v) is 36.8. The number of aromatic nitrogens is 6. The van der Waals surface area contributed by atoms with Crippen molar-refractivity contribution in [3.05, 3.63) is 216 Å². The van der Waals surface area contributed by atoms with Crippen molar-refractivity contribution >= 4 is 11.1 Å². The lowest BCUT2D eigenvalue weighted by Crippen LogP contribution is -2.09. The Morgan fingerprint density at radius 2 is 1.55 bits per heavy atom. The second kappa shape index (κ2) is 19.7. The van der Waals surface area contributed by atoms with Crippen LogP contribution in [0.4, 0.5) is 0 Å². The Labute approximate surface area is 367 Å². The average molecular weight is 817 g/mol. The van der Waals surface area contributed by atoms with Crippen LogP contribution in [0.5, 0.6) is 0 Å². The summed E-state index contributed by atoms with van der Waals surface area (Å²) in [5.41, 5.74) is 10.9. The summed E-state index contributed by atoms with van der Waals surface area (Å²) >= 11 is 0. The summed E-state index contributed by atoms with van der Waals surface area (Å²) in [6, 6.07) is 16.5. The SMILES string of the molecule is C=CC(=C\C(=C)c1nc(-c2ccc(C)cc2)nc(C2C=CC(C)=CC2)n1)/C1=C/C=C\CC(C)(C)/C=C/C=C\C(C2=CC(c3ncnc(-c4ccc(C)cc4)n3)=CC(C)C2)=C\OC1. The number of allylic oxidation sites excluding steroid dienone is 19. The number of ether oxygens (including phenoxy) is 1. The molecule has 0 amide bonds. The fourth-order valence-electron chi connectivity index (χ4n) is 7.38. The number of hydrogen-bond donors (Lipinski definition) is 0. The Kier molecular flexibility index (Phi) is 13.7. The predicted octanol–water partition coefficient (Wildman–Crippen LogP) is 13.1. The number of benzene rings is 2. The number of nitrogens with zero attached hydrogens (tertiary/aromatic N) is 6. The van der Waals surface area contributed by atoms with E-state index in [4.69, 9.17) is 24.7 Å². The van der Waals surface area contributed by atoms with Crippen LogP contribution in [0, 0.1) is 25.2 Å². The highest BCUT2D eigenvalue weighted by atomic mass is 16.5. The maximum absolute atomic E-state index is 6.51. The van der Waals surface area contributed by atoms with Crippen LogP contribution in [0.25, 0.3) is 33.9 Å². The smallest absolute Gasteiger partial charge is 0.163 e. The summed E-state index contributed by atoms with van der Waals surface area (Å²) < 4.78 is 6.51. The average Bonchev–Trinajstić information content (AvgIpc) is 3.27. The first-order chi connectivity index (χ1) is 29.9. The Morgan fingerprint density at radius 1 is 0.823 bits per heavy atom. The van der Waals surface area contributed by atoms with Gasteiger partial charge in [-0.3, -0.25) is 0 Å². The minimum absolute atomic E-state index is 0.0393. The normalized spacial score (nSPS) is 22.5. The fourth-order valence-corrected chi connectivity index (χ4v) is 7.38. The van der Waals surface area contributed by atoms with Gasteiger partial charge in [0, 0.05) is 33.8 Å². The van der Waals surface area contributed by atoms with Gasteiger partial charge < -0.3 is 4.74 Å². The van der Waals surface area contributed by atoms with E-state index in [2.05, 4.69) is 174 Å². The summed E-state index contributed by atoms with van der Waals surface area (Å²) in [6.45, 7) is 22.0. The molecule has 2 aromatic carbocycles. The van der Waals surface area contributed by atoms with Crippen molar-refractivity contribution in [2.45, 2.75) is 66.7 Å². The molecule has 7 nitrogen and oxygen atoms in total. The first-order valence-corrected chi connectivity index (χ1v) is 21.4. The molecule has 2 aromatic heterocycles. The van der Waals surface area contributed by atoms with Gasteiger partial charge in [-0.2, -0.15) is 0 Å². The molecule has 0 saturated heterocycles. The molecule has 2 unspecified atom stereocenters. The van der Waals surface area contributed by atoms with Gasteiger partial charge in [0.25, 0.3) is 0 Å². The van der Waals surface area contributed by atoms with Gasteiger partial charge in [-0.05, 0) is 80.2 Å². The number of aryl methyl sites for hydroxylation is 2. The van der Waals surface area contributed by atoms with E-state index in [1.54, 1.807) is 6.33 Å². The van der Waals surface area contributed by atoms with E-state index in [9.17, 15) is 0 Å². The first kappa shape index (κ1) is 43.2. The third-order valence-corrected chi connectivity index (χ3v) is 11.1. The van der Waals surface area contributed by atoms with Crippen LogP contribution in [0.1, 0.15) is 81.5 Å². The molecule has 2 atom stereocenters. The van der Waals surface area contributed by atoms with E-state index < -0.39 is 0 Å². The molecule has 2 aliphatic carbocycles. The Balaban J connectivity index is 1.21. The molecule has 7 rings (SSSR count). The molecule has 62 heavy (non-hydrogen) atoms. The van der Waals surface area contributed by atoms with Crippen molar-refractivity contribution in [1.82, 2.24) is 29.9 Å². The standard InChI is InChI=1S/C55H56N6O/c1-9-42(32-41(6)50-58-53(44-24-18-38(3)19-25-44)61-54(59-50)45-26-20-39(4)21-27-45)46-14-10-12-28-55(7,8)29-13-11-15-47(35-62-34-46)48-30-40(5)31-49(33-48)52-57-36-56-51(60-52)43-22-16-37(2)17-23-43/h9-26,29,31-33,35-36,40,45H,1,6,27-28,30,34H2,2-5,7-8H3/b12-10-,15-11-,29-13+,42-32+,46-14+,47-35-. The molecule has 0 bridgehead atoms. The zero-order valence-electron chi connectivity index (χ0n) is 36.8. The van der Waals surface area contributed by atoms with Gasteiger partial charge in [0.05, 0.1) is 6.26 Å². The van der Waals surface area contributed by atoms with Crippen LogP contribution in [0.2, 0.25) is 0 Å². The van der Waals surface area contributed by atoms with Crippen LogP contribution < -0.4 is 0 Å². The molecule has 0 spiro atoms. The van der Waals surface area contributed by atoms with E-state index in [1.165, 1.54) is 16.7 Å². The predicted molar refractivity (Wildman–Crippen MR) is 255 cm³/mol. The highest BCUT2D eigenvalue weighted by molar-refractivity contribution is 5.75. The third kappa shape index (κ3) is 11.3. The van der Waals surface area contributed by atoms with Crippen molar-refractivity contribution in [1.29, 1.82) is 0 Å². The van der Waals surface area contributed by atoms with Gasteiger partial charge in [-0.15, -0.1) is 0 Å². The van der Waals surface area contributed by atoms with Crippen LogP contribution in [0.15, 0.2) is 187 Å². The molecule has 1 aliphatic heterocycles. The molecular formula is C55H56N6O. The molecule has 3 heterocycles. The van der Waals surface area contributed by atoms with Gasteiger partial charge >= 0.3 is 0 Å². The van der Waals surface area contributed by atoms with Gasteiger partial charge in [0.2, 0.25) is 0 Å². The Hall–Kier alpha value is -6.86. The summed E-state index contributed by atoms with van der Waals surface area (Å²) in [5, 5.41) is 0. The maximum atomic E-state index is 6.51. The molecule has 0 fully saturated rings. The maximum Gasteiger partial charge on any atom is 0.163 e. The van der Waals surface area contributed by atoms with E-state index in [0.717, 1.165) is 64.1 Å². The highest BCUT2D eigenvalue weighted by Gasteiger charge is 2.20. The monoisotopic (exact) mass is 816 g/mol. The zero-order chi connectivity index (χ0) is 43.6. The van der Waals surface area contributed by atoms with Crippen LogP contribution in [0.3, 0.4) is 0 Å². The molecule has 3 aliphatic rings. The summed E-state index contributed by atoms with van der Waals surface area (Å²) in [5.74, 6) is 3.45. The quantitative estimate of drug-likeness (QED) is 0.155. The van der Waals surface area contributed by atoms with Crippen molar-refractivity contribution in [2.75, 3.05) is 6.61 Å². The van der Waals surface area contributed by atoms with E-state index in [-0.39, 0.29) is 17.3 Å². The minimum atomic E-state index is -0.0549. The minimum Gasteiger partial charge on any atom is -0.496 e. The molecule has 312 valence electrons. The van der Waals surface area contributed by atoms with Crippen molar-refractivity contribution < 1.29 is 4.74 Å². The van der Waals surface area contributed by atoms with Crippen LogP contribution >= 0.6 is 0 Å². The van der Waals surface area contributed by atoms with E-state index in [0.29, 0.717) is 35.5 Å². The van der Waals surface area contributed by atoms with Gasteiger partial charge in [0.1, 0.15) is 18.8 Å². The molecule has 0 radical (unpaired) electrons. The van der Waals surface area contributed by atoms with Crippen LogP contribution in [-0.4, -0.2) is 36.5 Å². The lowest BCUT2D eigenvalue weighted by Gasteiger charge is -2.20. The molecular weight excluding hydrogens is 761 g/mol. The van der Waals surface area contributed by atoms with Crippen molar-refractivity contribution in [3.8, 4) is 22.8 Å². The number of rotatable bonds is 9. The second-order valence-electron chi connectivity index (χ2n) is 17.1. The Morgan fingerprint density at radius 3 is 2.26 bits per heavy atom. The first-order valence-electron chi connectivity index (χ1n) is 21.4. The summed E-state index contributed by atoms with van der Waals surface area (Å²) in [7, 11) is 0. The van der Waals surface area contributed by atoms with Gasteiger partial charge in [0.15, 0.2) is 23.3 Å². The van der Waals surface area contributed by atoms with Gasteiger partial charge in [-0.25, -0.2) is 29.9 Å². The van der Waals surface area contributed by atoms with E-state index >= 15 is 0 Å². The second-order valence-corrected chi connectivity index (χ2v) is 17.1. The van der Waals surface area contributed by atoms with E-state index in [1.807, 2.05) is 30.5 Å². The molecule has 7 heteroatoms. The third-order valence-electron chi connectivity index (χ3n) is 11.1. The fraction of sp³-hybridized carbons (Fsp3) is 0.236. The molecule has 4 aromatic rings. The largest absolute Gasteiger partial charge is 0.496 e. The summed E-state index contributed by atoms with van der Waals surface area (Å²) in [6.07, 6.45) is 35.8.